The number of carbonyl (C=O) groups is 1. The van der Waals surface area contributed by atoms with Gasteiger partial charge in [0.25, 0.3) is 11.9 Å². The predicted molar refractivity (Wildman–Crippen MR) is 109 cm³/mol. The van der Waals surface area contributed by atoms with Gasteiger partial charge in [0.1, 0.15) is 12.4 Å². The van der Waals surface area contributed by atoms with E-state index in [1.807, 2.05) is 13.8 Å². The van der Waals surface area contributed by atoms with Crippen molar-refractivity contribution in [1.29, 1.82) is 0 Å². The van der Waals surface area contributed by atoms with E-state index in [9.17, 15) is 9.18 Å². The number of benzene rings is 1. The molecule has 28 heavy (non-hydrogen) atoms. The van der Waals surface area contributed by atoms with E-state index in [0.717, 1.165) is 32.5 Å². The van der Waals surface area contributed by atoms with Crippen LogP contribution in [0.3, 0.4) is 0 Å². The van der Waals surface area contributed by atoms with E-state index in [-0.39, 0.29) is 24.2 Å². The SMILES string of the molecule is CCOCCOC(=N[C@H](C)CCC[NH+](CC)CC)NC(=O)c1ccccc1F. The van der Waals surface area contributed by atoms with Gasteiger partial charge in [-0.3, -0.25) is 10.1 Å². The van der Waals surface area contributed by atoms with Crippen molar-refractivity contribution in [1.82, 2.24) is 5.32 Å². The molecule has 0 heterocycles. The molecule has 0 spiro atoms. The van der Waals surface area contributed by atoms with E-state index in [2.05, 4.69) is 24.2 Å². The van der Waals surface area contributed by atoms with Gasteiger partial charge < -0.3 is 14.4 Å². The first-order valence-electron chi connectivity index (χ1n) is 10.2. The number of halogens is 1. The molecule has 1 aromatic rings. The molecule has 0 saturated heterocycles. The number of carbonyl (C=O) groups excluding carboxylic acids is 1. The van der Waals surface area contributed by atoms with Crippen molar-refractivity contribution in [2.75, 3.05) is 39.5 Å². The molecule has 1 rings (SSSR count). The fourth-order valence-corrected chi connectivity index (χ4v) is 2.77. The van der Waals surface area contributed by atoms with E-state index >= 15 is 0 Å². The third-order valence-electron chi connectivity index (χ3n) is 4.50. The standard InChI is InChI=1S/C21H34FN3O3/c1-5-25(6-2)14-10-11-17(4)23-21(28-16-15-27-7-3)24-20(26)18-12-8-9-13-19(18)22/h8-9,12-13,17H,5-7,10-11,14-16H2,1-4H3,(H,23,24,26)/p+1/t17-/m1/s1. The number of ether oxygens (including phenoxy) is 2. The van der Waals surface area contributed by atoms with Crippen LogP contribution in [0, 0.1) is 5.82 Å². The molecule has 0 aliphatic heterocycles. The molecule has 0 unspecified atom stereocenters. The van der Waals surface area contributed by atoms with E-state index < -0.39 is 11.7 Å². The number of amidine groups is 1. The van der Waals surface area contributed by atoms with Crippen molar-refractivity contribution in [3.8, 4) is 0 Å². The zero-order valence-electron chi connectivity index (χ0n) is 17.6. The molecule has 1 aromatic carbocycles. The summed E-state index contributed by atoms with van der Waals surface area (Å²) in [6.45, 7) is 12.8. The quantitative estimate of drug-likeness (QED) is 0.323. The number of hydrogen-bond donors (Lipinski definition) is 2. The van der Waals surface area contributed by atoms with Gasteiger partial charge in [0.15, 0.2) is 0 Å². The molecule has 0 fully saturated rings. The van der Waals surface area contributed by atoms with Crippen molar-refractivity contribution in [3.63, 3.8) is 0 Å². The van der Waals surface area contributed by atoms with Gasteiger partial charge in [-0.15, -0.1) is 0 Å². The number of nitrogens with zero attached hydrogens (tertiary/aromatic N) is 1. The number of amides is 1. The highest BCUT2D eigenvalue weighted by Gasteiger charge is 2.15. The van der Waals surface area contributed by atoms with Crippen LogP contribution in [0.15, 0.2) is 29.3 Å². The van der Waals surface area contributed by atoms with Gasteiger partial charge in [0.05, 0.1) is 37.8 Å². The lowest BCUT2D eigenvalue weighted by molar-refractivity contribution is -0.896. The maximum Gasteiger partial charge on any atom is 0.292 e. The number of rotatable bonds is 12. The summed E-state index contributed by atoms with van der Waals surface area (Å²) in [4.78, 5) is 18.4. The summed E-state index contributed by atoms with van der Waals surface area (Å²) in [7, 11) is 0. The molecule has 1 amide bonds. The maximum atomic E-state index is 13.9. The monoisotopic (exact) mass is 396 g/mol. The Bertz CT molecular complexity index is 606. The Hall–Kier alpha value is -1.99. The van der Waals surface area contributed by atoms with Gasteiger partial charge in [0, 0.05) is 6.61 Å². The highest BCUT2D eigenvalue weighted by Crippen LogP contribution is 2.07. The maximum absolute atomic E-state index is 13.9. The van der Waals surface area contributed by atoms with E-state index in [1.54, 1.807) is 17.0 Å². The fourth-order valence-electron chi connectivity index (χ4n) is 2.77. The lowest BCUT2D eigenvalue weighted by atomic mass is 10.2. The first-order chi connectivity index (χ1) is 13.5. The van der Waals surface area contributed by atoms with Crippen molar-refractivity contribution < 1.29 is 23.6 Å². The first kappa shape index (κ1) is 24.0. The number of nitrogens with one attached hydrogen (secondary N) is 2. The van der Waals surface area contributed by atoms with Crippen LogP contribution in [0.1, 0.15) is 50.9 Å². The van der Waals surface area contributed by atoms with Gasteiger partial charge in [-0.2, -0.15) is 0 Å². The summed E-state index contributed by atoms with van der Waals surface area (Å²) < 4.78 is 24.7. The van der Waals surface area contributed by atoms with Crippen LogP contribution in [0.5, 0.6) is 0 Å². The summed E-state index contributed by atoms with van der Waals surface area (Å²) in [6, 6.07) is 5.93. The van der Waals surface area contributed by atoms with Gasteiger partial charge in [-0.1, -0.05) is 12.1 Å². The van der Waals surface area contributed by atoms with Crippen LogP contribution >= 0.6 is 0 Å². The topological polar surface area (TPSA) is 64.4 Å². The Morgan fingerprint density at radius 1 is 1.21 bits per heavy atom. The van der Waals surface area contributed by atoms with Gasteiger partial charge in [0.2, 0.25) is 0 Å². The third-order valence-corrected chi connectivity index (χ3v) is 4.50. The molecular formula is C21H35FN3O3+. The zero-order valence-corrected chi connectivity index (χ0v) is 17.6. The molecule has 0 saturated carbocycles. The Kier molecular flexibility index (Phi) is 12.1. The summed E-state index contributed by atoms with van der Waals surface area (Å²) >= 11 is 0. The lowest BCUT2D eigenvalue weighted by Gasteiger charge is -2.17. The highest BCUT2D eigenvalue weighted by atomic mass is 19.1. The van der Waals surface area contributed by atoms with Gasteiger partial charge in [-0.05, 0) is 52.7 Å². The Morgan fingerprint density at radius 3 is 2.57 bits per heavy atom. The number of hydrogen-bond acceptors (Lipinski definition) is 4. The molecule has 0 aromatic heterocycles. The summed E-state index contributed by atoms with van der Waals surface area (Å²) in [5, 5.41) is 2.59. The second-order valence-corrected chi connectivity index (χ2v) is 6.61. The number of aliphatic imine (C=N–C) groups is 1. The van der Waals surface area contributed by atoms with Crippen LogP contribution in [-0.4, -0.2) is 57.4 Å². The van der Waals surface area contributed by atoms with Crippen LogP contribution < -0.4 is 10.2 Å². The summed E-state index contributed by atoms with van der Waals surface area (Å²) in [5.41, 5.74) is -0.0404. The second-order valence-electron chi connectivity index (χ2n) is 6.61. The van der Waals surface area contributed by atoms with Crippen LogP contribution in [0.2, 0.25) is 0 Å². The van der Waals surface area contributed by atoms with Crippen molar-refractivity contribution in [3.05, 3.63) is 35.6 Å². The molecular weight excluding hydrogens is 361 g/mol. The lowest BCUT2D eigenvalue weighted by Crippen LogP contribution is -3.11. The summed E-state index contributed by atoms with van der Waals surface area (Å²) in [5.74, 6) is -1.16. The molecule has 158 valence electrons. The molecule has 0 aliphatic rings. The molecule has 0 aliphatic carbocycles. The minimum atomic E-state index is -0.580. The molecule has 2 N–H and O–H groups in total. The van der Waals surface area contributed by atoms with E-state index in [1.165, 1.54) is 12.1 Å². The Labute approximate surface area is 168 Å². The molecule has 0 bridgehead atoms. The van der Waals surface area contributed by atoms with Crippen molar-refractivity contribution in [2.24, 2.45) is 4.99 Å². The molecule has 0 radical (unpaired) electrons. The molecule has 1 atom stereocenters. The second kappa shape index (κ2) is 14.1. The predicted octanol–water partition coefficient (Wildman–Crippen LogP) is 2.06. The Morgan fingerprint density at radius 2 is 1.93 bits per heavy atom. The fraction of sp³-hybridized carbons (Fsp3) is 0.619. The third kappa shape index (κ3) is 9.28. The highest BCUT2D eigenvalue weighted by molar-refractivity contribution is 6.04. The van der Waals surface area contributed by atoms with Crippen LogP contribution in [0.4, 0.5) is 4.39 Å². The van der Waals surface area contributed by atoms with Crippen molar-refractivity contribution >= 4 is 11.9 Å². The Balaban J connectivity index is 2.70. The summed E-state index contributed by atoms with van der Waals surface area (Å²) in [6.07, 6.45) is 1.92. The number of quaternary nitrogens is 1. The molecule has 7 heteroatoms. The minimum absolute atomic E-state index is 0.0158. The van der Waals surface area contributed by atoms with E-state index in [4.69, 9.17) is 9.47 Å². The average molecular weight is 397 g/mol. The van der Waals surface area contributed by atoms with Crippen LogP contribution in [-0.2, 0) is 9.47 Å². The van der Waals surface area contributed by atoms with Gasteiger partial charge >= 0.3 is 0 Å². The minimum Gasteiger partial charge on any atom is -0.463 e. The largest absolute Gasteiger partial charge is 0.463 e. The molecule has 6 nitrogen and oxygen atoms in total. The zero-order chi connectivity index (χ0) is 20.8. The van der Waals surface area contributed by atoms with E-state index in [0.29, 0.717) is 13.2 Å². The van der Waals surface area contributed by atoms with Crippen LogP contribution in [0.25, 0.3) is 0 Å². The smallest absolute Gasteiger partial charge is 0.292 e. The van der Waals surface area contributed by atoms with Crippen molar-refractivity contribution in [2.45, 2.75) is 46.6 Å². The average Bonchev–Trinajstić information content (AvgIpc) is 2.68. The normalized spacial score (nSPS) is 12.9. The first-order valence-corrected chi connectivity index (χ1v) is 10.2. The van der Waals surface area contributed by atoms with Gasteiger partial charge in [-0.25, -0.2) is 9.38 Å².